The molecular formula is C23H48O. The first-order valence-electron chi connectivity index (χ1n) is 11.4. The fourth-order valence-electron chi connectivity index (χ4n) is 3.71. The lowest BCUT2D eigenvalue weighted by Gasteiger charge is -2.19. The van der Waals surface area contributed by atoms with E-state index < -0.39 is 0 Å². The van der Waals surface area contributed by atoms with Crippen LogP contribution in [0.25, 0.3) is 0 Å². The van der Waals surface area contributed by atoms with Gasteiger partial charge in [-0.3, -0.25) is 0 Å². The first-order chi connectivity index (χ1) is 11.7. The van der Waals surface area contributed by atoms with Gasteiger partial charge in [-0.25, -0.2) is 0 Å². The zero-order valence-electron chi connectivity index (χ0n) is 17.3. The molecule has 0 saturated heterocycles. The van der Waals surface area contributed by atoms with Crippen molar-refractivity contribution < 1.29 is 5.11 Å². The van der Waals surface area contributed by atoms with E-state index in [1.165, 1.54) is 116 Å². The summed E-state index contributed by atoms with van der Waals surface area (Å²) in [5, 5.41) is 9.90. The molecule has 24 heavy (non-hydrogen) atoms. The van der Waals surface area contributed by atoms with E-state index in [0.29, 0.717) is 5.92 Å². The molecule has 0 heterocycles. The maximum Gasteiger partial charge on any atom is 0.0540 e. The van der Waals surface area contributed by atoms with Crippen molar-refractivity contribution in [3.8, 4) is 0 Å². The summed E-state index contributed by atoms with van der Waals surface area (Å²) in [6.07, 6.45) is 24.7. The highest BCUT2D eigenvalue weighted by atomic mass is 16.3. The summed E-state index contributed by atoms with van der Waals surface area (Å²) in [7, 11) is 0. The number of aliphatic hydroxyl groups is 1. The highest BCUT2D eigenvalue weighted by Crippen LogP contribution is 2.21. The normalized spacial score (nSPS) is 14.0. The molecule has 0 bridgehead atoms. The molecule has 0 aliphatic rings. The minimum absolute atomic E-state index is 0.112. The van der Waals surface area contributed by atoms with Crippen LogP contribution in [-0.2, 0) is 0 Å². The molecule has 1 nitrogen and oxygen atoms in total. The Kier molecular flexibility index (Phi) is 19.3. The van der Waals surface area contributed by atoms with Crippen LogP contribution in [0.3, 0.4) is 0 Å². The van der Waals surface area contributed by atoms with Gasteiger partial charge in [-0.1, -0.05) is 117 Å². The molecule has 0 aromatic carbocycles. The monoisotopic (exact) mass is 340 g/mol. The summed E-state index contributed by atoms with van der Waals surface area (Å²) in [4.78, 5) is 0. The predicted molar refractivity (Wildman–Crippen MR) is 110 cm³/mol. The number of unbranched alkanes of at least 4 members (excludes halogenated alkanes) is 14. The van der Waals surface area contributed by atoms with Crippen LogP contribution in [0.4, 0.5) is 0 Å². The van der Waals surface area contributed by atoms with Crippen LogP contribution in [0, 0.1) is 5.92 Å². The molecule has 2 unspecified atom stereocenters. The Morgan fingerprint density at radius 2 is 0.792 bits per heavy atom. The second-order valence-corrected chi connectivity index (χ2v) is 8.03. The Hall–Kier alpha value is -0.0400. The van der Waals surface area contributed by atoms with Gasteiger partial charge in [0.2, 0.25) is 0 Å². The zero-order chi connectivity index (χ0) is 17.9. The average Bonchev–Trinajstić information content (AvgIpc) is 2.57. The molecule has 146 valence electrons. The van der Waals surface area contributed by atoms with Gasteiger partial charge in [-0.05, 0) is 25.7 Å². The van der Waals surface area contributed by atoms with Crippen LogP contribution >= 0.6 is 0 Å². The van der Waals surface area contributed by atoms with Gasteiger partial charge in [0.25, 0.3) is 0 Å². The zero-order valence-corrected chi connectivity index (χ0v) is 17.3. The minimum Gasteiger partial charge on any atom is -0.393 e. The molecule has 0 radical (unpaired) electrons. The highest BCUT2D eigenvalue weighted by Gasteiger charge is 2.13. The lowest BCUT2D eigenvalue weighted by Crippen LogP contribution is -2.16. The molecule has 0 spiro atoms. The summed E-state index contributed by atoms with van der Waals surface area (Å²) in [5.74, 6) is 0.546. The molecule has 0 rings (SSSR count). The molecule has 0 aliphatic carbocycles. The van der Waals surface area contributed by atoms with Crippen LogP contribution in [0.2, 0.25) is 0 Å². The maximum absolute atomic E-state index is 9.90. The number of hydrogen-bond donors (Lipinski definition) is 1. The third kappa shape index (κ3) is 16.8. The van der Waals surface area contributed by atoms with Gasteiger partial charge in [0.15, 0.2) is 0 Å². The quantitative estimate of drug-likeness (QED) is 0.236. The highest BCUT2D eigenvalue weighted by molar-refractivity contribution is 4.65. The van der Waals surface area contributed by atoms with Crippen molar-refractivity contribution >= 4 is 0 Å². The molecule has 0 aromatic rings. The van der Waals surface area contributed by atoms with Crippen molar-refractivity contribution in [1.82, 2.24) is 0 Å². The molecular weight excluding hydrogens is 292 g/mol. The van der Waals surface area contributed by atoms with E-state index in [9.17, 15) is 5.11 Å². The molecule has 0 aliphatic heterocycles. The SMILES string of the molecule is CCCCCCCCCCCCCCCC(CCCCC)C(C)O. The Morgan fingerprint density at radius 1 is 0.500 bits per heavy atom. The van der Waals surface area contributed by atoms with Crippen LogP contribution in [0.1, 0.15) is 136 Å². The number of hydrogen-bond acceptors (Lipinski definition) is 1. The van der Waals surface area contributed by atoms with Gasteiger partial charge in [0, 0.05) is 0 Å². The van der Waals surface area contributed by atoms with Crippen LogP contribution in [0.15, 0.2) is 0 Å². The Balaban J connectivity index is 3.30. The first-order valence-corrected chi connectivity index (χ1v) is 11.4. The van der Waals surface area contributed by atoms with Crippen LogP contribution in [0.5, 0.6) is 0 Å². The molecule has 0 saturated carbocycles. The Morgan fingerprint density at radius 3 is 1.17 bits per heavy atom. The summed E-state index contributed by atoms with van der Waals surface area (Å²) >= 11 is 0. The van der Waals surface area contributed by atoms with E-state index in [1.54, 1.807) is 0 Å². The molecule has 1 heteroatoms. The van der Waals surface area contributed by atoms with E-state index in [-0.39, 0.29) is 6.10 Å². The Labute approximate surface area is 154 Å². The van der Waals surface area contributed by atoms with Gasteiger partial charge in [-0.15, -0.1) is 0 Å². The standard InChI is InChI=1S/C23H48O/c1-4-6-8-9-10-11-12-13-14-15-16-17-19-21-23(22(3)24)20-18-7-5-2/h22-24H,4-21H2,1-3H3. The van der Waals surface area contributed by atoms with Crippen molar-refractivity contribution in [1.29, 1.82) is 0 Å². The predicted octanol–water partition coefficient (Wildman–Crippen LogP) is 8.05. The summed E-state index contributed by atoms with van der Waals surface area (Å²) < 4.78 is 0. The van der Waals surface area contributed by atoms with Crippen LogP contribution in [-0.4, -0.2) is 11.2 Å². The third-order valence-corrected chi connectivity index (χ3v) is 5.54. The van der Waals surface area contributed by atoms with Crippen molar-refractivity contribution in [2.24, 2.45) is 5.92 Å². The second kappa shape index (κ2) is 19.3. The fraction of sp³-hybridized carbons (Fsp3) is 1.00. The second-order valence-electron chi connectivity index (χ2n) is 8.03. The first kappa shape index (κ1) is 24.0. The molecule has 0 aromatic heterocycles. The summed E-state index contributed by atoms with van der Waals surface area (Å²) in [5.41, 5.74) is 0. The minimum atomic E-state index is -0.112. The Bertz CT molecular complexity index is 224. The smallest absolute Gasteiger partial charge is 0.0540 e. The largest absolute Gasteiger partial charge is 0.393 e. The average molecular weight is 341 g/mol. The van der Waals surface area contributed by atoms with Gasteiger partial charge in [0.1, 0.15) is 0 Å². The summed E-state index contributed by atoms with van der Waals surface area (Å²) in [6, 6.07) is 0. The van der Waals surface area contributed by atoms with Gasteiger partial charge >= 0.3 is 0 Å². The van der Waals surface area contributed by atoms with Crippen LogP contribution < -0.4 is 0 Å². The lowest BCUT2D eigenvalue weighted by atomic mass is 9.90. The number of aliphatic hydroxyl groups excluding tert-OH is 1. The van der Waals surface area contributed by atoms with Crippen molar-refractivity contribution in [2.75, 3.05) is 0 Å². The molecule has 0 amide bonds. The van der Waals surface area contributed by atoms with E-state index in [1.807, 2.05) is 6.92 Å². The molecule has 1 N–H and O–H groups in total. The topological polar surface area (TPSA) is 20.2 Å². The molecule has 2 atom stereocenters. The van der Waals surface area contributed by atoms with Gasteiger partial charge in [0.05, 0.1) is 6.10 Å². The summed E-state index contributed by atoms with van der Waals surface area (Å²) in [6.45, 7) is 6.53. The number of rotatable bonds is 19. The third-order valence-electron chi connectivity index (χ3n) is 5.54. The lowest BCUT2D eigenvalue weighted by molar-refractivity contribution is 0.111. The van der Waals surface area contributed by atoms with Crippen molar-refractivity contribution in [3.05, 3.63) is 0 Å². The van der Waals surface area contributed by atoms with Crippen molar-refractivity contribution in [2.45, 2.75) is 142 Å². The van der Waals surface area contributed by atoms with E-state index >= 15 is 0 Å². The van der Waals surface area contributed by atoms with E-state index in [2.05, 4.69) is 13.8 Å². The van der Waals surface area contributed by atoms with E-state index in [0.717, 1.165) is 0 Å². The van der Waals surface area contributed by atoms with Gasteiger partial charge < -0.3 is 5.11 Å². The fourth-order valence-corrected chi connectivity index (χ4v) is 3.71. The van der Waals surface area contributed by atoms with E-state index in [4.69, 9.17) is 0 Å². The van der Waals surface area contributed by atoms with Gasteiger partial charge in [-0.2, -0.15) is 0 Å². The van der Waals surface area contributed by atoms with Crippen molar-refractivity contribution in [3.63, 3.8) is 0 Å². The maximum atomic E-state index is 9.90. The molecule has 0 fully saturated rings.